The van der Waals surface area contributed by atoms with E-state index in [2.05, 4.69) is 18.1 Å². The van der Waals surface area contributed by atoms with Crippen molar-refractivity contribution in [2.24, 2.45) is 0 Å². The normalized spacial score (nSPS) is 9.87. The highest BCUT2D eigenvalue weighted by Crippen LogP contribution is 2.33. The third-order valence-electron chi connectivity index (χ3n) is 3.03. The Kier molecular flexibility index (Phi) is 4.89. The predicted molar refractivity (Wildman–Crippen MR) is 85.9 cm³/mol. The molecule has 0 aliphatic carbocycles. The monoisotopic (exact) mass is 310 g/mol. The van der Waals surface area contributed by atoms with Gasteiger partial charge in [0.25, 0.3) is 5.69 Å². The summed E-state index contributed by atoms with van der Waals surface area (Å²) in [6.45, 7) is 8.16. The average molecular weight is 310 g/mol. The van der Waals surface area contributed by atoms with Crippen LogP contribution in [0.4, 0.5) is 11.6 Å². The summed E-state index contributed by atoms with van der Waals surface area (Å²) >= 11 is 0. The predicted octanol–water partition coefficient (Wildman–Crippen LogP) is 3.30. The van der Waals surface area contributed by atoms with Crippen molar-refractivity contribution < 1.29 is 9.34 Å². The molecule has 7 heteroatoms. The largest absolute Gasteiger partial charge is 0.419 e. The minimum Gasteiger partial charge on any atom is -0.419 e. The number of nitrogens with zero attached hydrogens (tertiary/aromatic N) is 4. The second-order valence-corrected chi connectivity index (χ2v) is 4.54. The molecule has 0 spiro atoms. The van der Waals surface area contributed by atoms with Crippen molar-refractivity contribution in [2.75, 3.05) is 18.0 Å². The molecule has 0 radical (unpaired) electrons. The van der Waals surface area contributed by atoms with Gasteiger partial charge >= 0.3 is 0 Å². The number of anilines is 1. The maximum Gasteiger partial charge on any atom is 0.282 e. The summed E-state index contributed by atoms with van der Waals surface area (Å²) in [5, 5.41) is 20.4. The number of nitriles is 1. The summed E-state index contributed by atoms with van der Waals surface area (Å²) < 4.78 is 5.64. The van der Waals surface area contributed by atoms with Crippen LogP contribution in [0.25, 0.3) is 11.5 Å². The molecule has 0 bridgehead atoms. The second-order valence-electron chi connectivity index (χ2n) is 4.54. The minimum absolute atomic E-state index is 0.0296. The van der Waals surface area contributed by atoms with Crippen LogP contribution in [0.3, 0.4) is 0 Å². The number of nitro groups is 1. The zero-order chi connectivity index (χ0) is 16.8. The van der Waals surface area contributed by atoms with Crippen LogP contribution in [0.15, 0.2) is 54.0 Å². The first kappa shape index (κ1) is 16.0. The molecule has 116 valence electrons. The van der Waals surface area contributed by atoms with Gasteiger partial charge in [0.2, 0.25) is 17.5 Å². The van der Waals surface area contributed by atoms with Gasteiger partial charge in [-0.3, -0.25) is 10.1 Å². The molecule has 2 rings (SSSR count). The van der Waals surface area contributed by atoms with Crippen molar-refractivity contribution in [1.29, 1.82) is 5.26 Å². The van der Waals surface area contributed by atoms with E-state index in [0.29, 0.717) is 13.1 Å². The molecule has 1 heterocycles. The molecule has 0 N–H and O–H groups in total. The Bertz CT molecular complexity index is 779. The van der Waals surface area contributed by atoms with Crippen LogP contribution in [0, 0.1) is 21.4 Å². The first-order valence-corrected chi connectivity index (χ1v) is 6.73. The molecule has 0 amide bonds. The number of hydrogen-bond acceptors (Lipinski definition) is 6. The van der Waals surface area contributed by atoms with Gasteiger partial charge in [-0.05, 0) is 6.07 Å². The van der Waals surface area contributed by atoms with Gasteiger partial charge in [-0.25, -0.2) is 0 Å². The third kappa shape index (κ3) is 3.27. The summed E-state index contributed by atoms with van der Waals surface area (Å²) in [4.78, 5) is 16.4. The van der Waals surface area contributed by atoms with Crippen LogP contribution in [0.1, 0.15) is 5.69 Å². The van der Waals surface area contributed by atoms with E-state index >= 15 is 0 Å². The van der Waals surface area contributed by atoms with Crippen LogP contribution in [0.5, 0.6) is 0 Å². The van der Waals surface area contributed by atoms with Crippen LogP contribution in [-0.4, -0.2) is 23.0 Å². The zero-order valence-corrected chi connectivity index (χ0v) is 12.3. The molecule has 0 aliphatic heterocycles. The van der Waals surface area contributed by atoms with Crippen LogP contribution >= 0.6 is 0 Å². The lowest BCUT2D eigenvalue weighted by Crippen LogP contribution is -2.23. The molecule has 23 heavy (non-hydrogen) atoms. The van der Waals surface area contributed by atoms with E-state index in [1.807, 2.05) is 6.07 Å². The topological polar surface area (TPSA) is 96.2 Å². The lowest BCUT2D eigenvalue weighted by molar-refractivity contribution is -0.384. The van der Waals surface area contributed by atoms with Crippen molar-refractivity contribution >= 4 is 11.6 Å². The Hall–Kier alpha value is -3.40. The van der Waals surface area contributed by atoms with Crippen molar-refractivity contribution in [3.05, 3.63) is 65.4 Å². The van der Waals surface area contributed by atoms with E-state index in [-0.39, 0.29) is 28.7 Å². The molecule has 0 unspecified atom stereocenters. The fraction of sp³-hybridized carbons (Fsp3) is 0.125. The highest BCUT2D eigenvalue weighted by molar-refractivity contribution is 5.69. The Labute approximate surface area is 132 Å². The molecule has 0 saturated heterocycles. The van der Waals surface area contributed by atoms with Gasteiger partial charge in [0, 0.05) is 19.2 Å². The Morgan fingerprint density at radius 3 is 2.57 bits per heavy atom. The summed E-state index contributed by atoms with van der Waals surface area (Å²) in [7, 11) is 0. The summed E-state index contributed by atoms with van der Waals surface area (Å²) in [5.41, 5.74) is 0.142. The molecule has 1 aromatic carbocycles. The Morgan fingerprint density at radius 1 is 1.35 bits per heavy atom. The maximum absolute atomic E-state index is 11.1. The molecular weight excluding hydrogens is 296 g/mol. The van der Waals surface area contributed by atoms with Gasteiger partial charge < -0.3 is 9.32 Å². The number of aromatic nitrogens is 1. The summed E-state index contributed by atoms with van der Waals surface area (Å²) in [5.74, 6) is 0.266. The standard InChI is InChI=1S/C16H14N4O3/c1-3-9-19(10-4-2)16-13(11-17)18-15(23-16)12-7-5-6-8-14(12)20(21)22/h3-8H,1-2,9-10H2. The van der Waals surface area contributed by atoms with Crippen LogP contribution in [0.2, 0.25) is 0 Å². The highest BCUT2D eigenvalue weighted by Gasteiger charge is 2.23. The quantitative estimate of drug-likeness (QED) is 0.442. The third-order valence-corrected chi connectivity index (χ3v) is 3.03. The van der Waals surface area contributed by atoms with E-state index in [1.165, 1.54) is 12.1 Å². The molecule has 7 nitrogen and oxygen atoms in total. The fourth-order valence-corrected chi connectivity index (χ4v) is 2.08. The molecular formula is C16H14N4O3. The molecule has 2 aromatic rings. The molecule has 0 fully saturated rings. The van der Waals surface area contributed by atoms with Crippen LogP contribution < -0.4 is 4.90 Å². The number of hydrogen-bond donors (Lipinski definition) is 0. The van der Waals surface area contributed by atoms with E-state index in [1.54, 1.807) is 29.2 Å². The van der Waals surface area contributed by atoms with E-state index < -0.39 is 4.92 Å². The average Bonchev–Trinajstić information content (AvgIpc) is 2.98. The number of nitro benzene ring substituents is 1. The van der Waals surface area contributed by atoms with Crippen molar-refractivity contribution in [1.82, 2.24) is 4.98 Å². The minimum atomic E-state index is -0.517. The van der Waals surface area contributed by atoms with Crippen molar-refractivity contribution in [2.45, 2.75) is 0 Å². The van der Waals surface area contributed by atoms with E-state index in [0.717, 1.165) is 0 Å². The number of benzene rings is 1. The second kappa shape index (κ2) is 7.04. The highest BCUT2D eigenvalue weighted by atomic mass is 16.6. The number of rotatable bonds is 7. The van der Waals surface area contributed by atoms with Gasteiger partial charge in [0.05, 0.1) is 4.92 Å². The molecule has 1 aromatic heterocycles. The molecule has 0 atom stereocenters. The van der Waals surface area contributed by atoms with Crippen molar-refractivity contribution in [3.8, 4) is 17.5 Å². The summed E-state index contributed by atoms with van der Waals surface area (Å²) in [6, 6.07) is 8.03. The SMILES string of the molecule is C=CCN(CC=C)c1oc(-c2ccccc2[N+](=O)[O-])nc1C#N. The zero-order valence-electron chi connectivity index (χ0n) is 12.3. The van der Waals surface area contributed by atoms with Crippen molar-refractivity contribution in [3.63, 3.8) is 0 Å². The first-order valence-electron chi connectivity index (χ1n) is 6.73. The van der Waals surface area contributed by atoms with Crippen LogP contribution in [-0.2, 0) is 0 Å². The lowest BCUT2D eigenvalue weighted by Gasteiger charge is -2.17. The molecule has 0 aliphatic rings. The van der Waals surface area contributed by atoms with E-state index in [4.69, 9.17) is 4.42 Å². The number of para-hydroxylation sites is 1. The van der Waals surface area contributed by atoms with E-state index in [9.17, 15) is 15.4 Å². The fourth-order valence-electron chi connectivity index (χ4n) is 2.08. The lowest BCUT2D eigenvalue weighted by atomic mass is 10.2. The van der Waals surface area contributed by atoms with Gasteiger partial charge in [0.15, 0.2) is 0 Å². The Balaban J connectivity index is 2.55. The number of oxazole rings is 1. The van der Waals surface area contributed by atoms with Gasteiger partial charge in [-0.15, -0.1) is 13.2 Å². The van der Waals surface area contributed by atoms with Gasteiger partial charge in [-0.1, -0.05) is 24.3 Å². The smallest absolute Gasteiger partial charge is 0.282 e. The first-order chi connectivity index (χ1) is 11.1. The summed E-state index contributed by atoms with van der Waals surface area (Å²) in [6.07, 6.45) is 3.30. The maximum atomic E-state index is 11.1. The molecule has 0 saturated carbocycles. The van der Waals surface area contributed by atoms with Gasteiger partial charge in [-0.2, -0.15) is 10.2 Å². The Morgan fingerprint density at radius 2 is 2.00 bits per heavy atom. The van der Waals surface area contributed by atoms with Gasteiger partial charge in [0.1, 0.15) is 11.6 Å².